The highest BCUT2D eigenvalue weighted by atomic mass is 79.9. The second-order valence-electron chi connectivity index (χ2n) is 5.35. The van der Waals surface area contributed by atoms with Crippen LogP contribution in [-0.2, 0) is 4.79 Å². The molecule has 2 heterocycles. The highest BCUT2D eigenvalue weighted by molar-refractivity contribution is 9.10. The molecule has 0 spiro atoms. The van der Waals surface area contributed by atoms with Crippen molar-refractivity contribution in [3.8, 4) is 0 Å². The summed E-state index contributed by atoms with van der Waals surface area (Å²) in [4.78, 5) is 33.3. The summed E-state index contributed by atoms with van der Waals surface area (Å²) < 4.78 is 0.868. The summed E-state index contributed by atoms with van der Waals surface area (Å²) >= 11 is 3.30. The molecule has 0 unspecified atom stereocenters. The van der Waals surface area contributed by atoms with Crippen LogP contribution in [0.1, 0.15) is 0 Å². The number of nitrogens with zero attached hydrogens (tertiary/aromatic N) is 4. The van der Waals surface area contributed by atoms with Crippen molar-refractivity contribution in [2.45, 2.75) is 0 Å². The predicted octanol–water partition coefficient (Wildman–Crippen LogP) is 1.08. The Morgan fingerprint density at radius 3 is 2.50 bits per heavy atom. The Morgan fingerprint density at radius 1 is 1.27 bits per heavy atom. The number of rotatable bonds is 3. The first-order valence-electron chi connectivity index (χ1n) is 7.05. The molecule has 1 saturated heterocycles. The lowest BCUT2D eigenvalue weighted by Crippen LogP contribution is -2.52. The van der Waals surface area contributed by atoms with E-state index >= 15 is 0 Å². The van der Waals surface area contributed by atoms with Crippen molar-refractivity contribution in [1.29, 1.82) is 0 Å². The molecule has 1 aromatic heterocycles. The fraction of sp³-hybridized carbons (Fsp3) is 0.500. The Labute approximate surface area is 138 Å². The predicted molar refractivity (Wildman–Crippen MR) is 87.7 cm³/mol. The first kappa shape index (κ1) is 16.7. The molecule has 0 radical (unpaired) electrons. The van der Waals surface area contributed by atoms with E-state index in [0.29, 0.717) is 38.5 Å². The van der Waals surface area contributed by atoms with Crippen molar-refractivity contribution in [2.24, 2.45) is 0 Å². The van der Waals surface area contributed by atoms with Crippen LogP contribution in [0.4, 0.5) is 10.6 Å². The maximum atomic E-state index is 12.0. The van der Waals surface area contributed by atoms with E-state index in [2.05, 4.69) is 26.2 Å². The summed E-state index contributed by atoms with van der Waals surface area (Å²) in [6.45, 7) is 2.98. The van der Waals surface area contributed by atoms with Gasteiger partial charge in [-0.25, -0.2) is 9.78 Å². The fourth-order valence-corrected chi connectivity index (χ4v) is 2.45. The van der Waals surface area contributed by atoms with Crippen molar-refractivity contribution in [3.05, 3.63) is 22.8 Å². The third-order valence-electron chi connectivity index (χ3n) is 3.39. The van der Waals surface area contributed by atoms with Crippen LogP contribution in [0.15, 0.2) is 22.8 Å². The minimum Gasteiger partial charge on any atom is -0.331 e. The zero-order chi connectivity index (χ0) is 16.1. The van der Waals surface area contributed by atoms with Crippen molar-refractivity contribution in [1.82, 2.24) is 19.7 Å². The molecule has 1 aromatic rings. The van der Waals surface area contributed by atoms with Gasteiger partial charge in [0.25, 0.3) is 0 Å². The lowest BCUT2D eigenvalue weighted by molar-refractivity contribution is -0.117. The molecular formula is C14H20BrN5O2. The van der Waals surface area contributed by atoms with Crippen LogP contribution in [0.25, 0.3) is 0 Å². The number of carbonyl (C=O) groups excluding carboxylic acids is 2. The number of anilines is 1. The van der Waals surface area contributed by atoms with Crippen LogP contribution >= 0.6 is 15.9 Å². The van der Waals surface area contributed by atoms with Crippen LogP contribution < -0.4 is 5.32 Å². The number of hydrogen-bond donors (Lipinski definition) is 1. The van der Waals surface area contributed by atoms with Crippen LogP contribution in [0.5, 0.6) is 0 Å². The topological polar surface area (TPSA) is 68.8 Å². The molecule has 0 atom stereocenters. The first-order valence-corrected chi connectivity index (χ1v) is 7.85. The molecule has 8 heteroatoms. The van der Waals surface area contributed by atoms with Crippen molar-refractivity contribution >= 4 is 33.7 Å². The highest BCUT2D eigenvalue weighted by Crippen LogP contribution is 2.10. The average molecular weight is 370 g/mol. The summed E-state index contributed by atoms with van der Waals surface area (Å²) in [6, 6.07) is 3.59. The second kappa shape index (κ2) is 7.55. The molecule has 7 nitrogen and oxygen atoms in total. The van der Waals surface area contributed by atoms with Gasteiger partial charge in [0.2, 0.25) is 5.91 Å². The van der Waals surface area contributed by atoms with Gasteiger partial charge in [-0.3, -0.25) is 9.69 Å². The van der Waals surface area contributed by atoms with Gasteiger partial charge in [-0.2, -0.15) is 0 Å². The summed E-state index contributed by atoms with van der Waals surface area (Å²) in [6.07, 6.45) is 1.64. The number of urea groups is 1. The molecule has 0 bridgehead atoms. The number of pyridine rings is 1. The van der Waals surface area contributed by atoms with E-state index in [1.54, 1.807) is 36.2 Å². The quantitative estimate of drug-likeness (QED) is 0.865. The highest BCUT2D eigenvalue weighted by Gasteiger charge is 2.23. The minimum atomic E-state index is -0.0952. The largest absolute Gasteiger partial charge is 0.331 e. The van der Waals surface area contributed by atoms with Gasteiger partial charge in [-0.1, -0.05) is 0 Å². The van der Waals surface area contributed by atoms with Crippen LogP contribution in [-0.4, -0.2) is 78.4 Å². The molecule has 22 heavy (non-hydrogen) atoms. The molecule has 1 fully saturated rings. The molecule has 3 amide bonds. The second-order valence-corrected chi connectivity index (χ2v) is 6.27. The van der Waals surface area contributed by atoms with Gasteiger partial charge >= 0.3 is 6.03 Å². The lowest BCUT2D eigenvalue weighted by atomic mass is 10.3. The first-order chi connectivity index (χ1) is 10.5. The molecule has 0 aromatic carbocycles. The van der Waals surface area contributed by atoms with Gasteiger partial charge in [-0.15, -0.1) is 0 Å². The van der Waals surface area contributed by atoms with E-state index in [-0.39, 0.29) is 11.9 Å². The van der Waals surface area contributed by atoms with Gasteiger partial charge in [0, 0.05) is 50.9 Å². The Bertz CT molecular complexity index is 527. The van der Waals surface area contributed by atoms with Crippen LogP contribution in [0.2, 0.25) is 0 Å². The minimum absolute atomic E-state index is 0.0168. The number of nitrogens with one attached hydrogen (secondary N) is 1. The maximum Gasteiger partial charge on any atom is 0.319 e. The molecular weight excluding hydrogens is 350 g/mol. The van der Waals surface area contributed by atoms with Crippen LogP contribution in [0.3, 0.4) is 0 Å². The van der Waals surface area contributed by atoms with Gasteiger partial charge < -0.3 is 15.1 Å². The summed E-state index contributed by atoms with van der Waals surface area (Å²) in [5.74, 6) is 0.442. The SMILES string of the molecule is CN(C)C(=O)N1CCN(CC(=O)Nc2ccc(Br)cn2)CC1. The zero-order valence-electron chi connectivity index (χ0n) is 12.8. The van der Waals surface area contributed by atoms with Crippen molar-refractivity contribution in [3.63, 3.8) is 0 Å². The third kappa shape index (κ3) is 4.67. The lowest BCUT2D eigenvalue weighted by Gasteiger charge is -2.35. The number of piperazine rings is 1. The average Bonchev–Trinajstić information content (AvgIpc) is 2.49. The Morgan fingerprint density at radius 2 is 1.95 bits per heavy atom. The van der Waals surface area contributed by atoms with E-state index < -0.39 is 0 Å². The molecule has 0 aliphatic carbocycles. The molecule has 1 aliphatic heterocycles. The molecule has 1 aliphatic rings. The Balaban J connectivity index is 1.77. The Kier molecular flexibility index (Phi) is 5.73. The van der Waals surface area contributed by atoms with Gasteiger partial charge in [-0.05, 0) is 28.1 Å². The molecule has 2 rings (SSSR count). The van der Waals surface area contributed by atoms with Crippen LogP contribution in [0, 0.1) is 0 Å². The third-order valence-corrected chi connectivity index (χ3v) is 3.86. The number of carbonyl (C=O) groups is 2. The van der Waals surface area contributed by atoms with Gasteiger partial charge in [0.1, 0.15) is 5.82 Å². The fourth-order valence-electron chi connectivity index (χ4n) is 2.22. The van der Waals surface area contributed by atoms with Crippen molar-refractivity contribution in [2.75, 3.05) is 52.1 Å². The van der Waals surface area contributed by atoms with E-state index in [9.17, 15) is 9.59 Å². The van der Waals surface area contributed by atoms with E-state index in [0.717, 1.165) is 4.47 Å². The maximum absolute atomic E-state index is 12.0. The van der Waals surface area contributed by atoms with Crippen molar-refractivity contribution < 1.29 is 9.59 Å². The van der Waals surface area contributed by atoms with E-state index in [4.69, 9.17) is 0 Å². The summed E-state index contributed by atoms with van der Waals surface area (Å²) in [5.41, 5.74) is 0. The van der Waals surface area contributed by atoms with E-state index in [1.165, 1.54) is 0 Å². The molecule has 0 saturated carbocycles. The number of amides is 3. The smallest absolute Gasteiger partial charge is 0.319 e. The summed E-state index contributed by atoms with van der Waals surface area (Å²) in [5, 5.41) is 2.77. The van der Waals surface area contributed by atoms with E-state index in [1.807, 2.05) is 11.0 Å². The number of halogens is 1. The normalized spacial score (nSPS) is 15.5. The number of aromatic nitrogens is 1. The van der Waals surface area contributed by atoms with Gasteiger partial charge in [0.05, 0.1) is 6.54 Å². The standard InChI is InChI=1S/C14H20BrN5O2/c1-18(2)14(22)20-7-5-19(6-8-20)10-13(21)17-12-4-3-11(15)9-16-12/h3-4,9H,5-8,10H2,1-2H3,(H,16,17,21). The summed E-state index contributed by atoms with van der Waals surface area (Å²) in [7, 11) is 3.49. The van der Waals surface area contributed by atoms with Gasteiger partial charge in [0.15, 0.2) is 0 Å². The monoisotopic (exact) mass is 369 g/mol. The zero-order valence-corrected chi connectivity index (χ0v) is 14.3. The molecule has 120 valence electrons. The number of hydrogen-bond acceptors (Lipinski definition) is 4. The Hall–Kier alpha value is -1.67. The molecule has 1 N–H and O–H groups in total.